The lowest BCUT2D eigenvalue weighted by Gasteiger charge is -1.97. The highest BCUT2D eigenvalue weighted by Crippen LogP contribution is 2.38. The minimum Gasteiger partial charge on any atom is -0.493 e. The van der Waals surface area contributed by atoms with Gasteiger partial charge >= 0.3 is 0 Å². The summed E-state index contributed by atoms with van der Waals surface area (Å²) in [6.07, 6.45) is 2.73. The third kappa shape index (κ3) is 1.28. The van der Waals surface area contributed by atoms with E-state index in [1.54, 1.807) is 0 Å². The van der Waals surface area contributed by atoms with E-state index in [1.807, 2.05) is 0 Å². The monoisotopic (exact) mass is 164 g/mol. The summed E-state index contributed by atoms with van der Waals surface area (Å²) in [6, 6.07) is 1.26. The Morgan fingerprint density at radius 1 is 1.50 bits per heavy atom. The molecule has 0 saturated heterocycles. The summed E-state index contributed by atoms with van der Waals surface area (Å²) in [5, 5.41) is 9.09. The van der Waals surface area contributed by atoms with Gasteiger partial charge in [-0.3, -0.25) is 4.79 Å². The van der Waals surface area contributed by atoms with Gasteiger partial charge in [0.2, 0.25) is 5.88 Å². The zero-order valence-electron chi connectivity index (χ0n) is 6.40. The summed E-state index contributed by atoms with van der Waals surface area (Å²) >= 11 is 0. The molecule has 1 aliphatic carbocycles. The van der Waals surface area contributed by atoms with E-state index >= 15 is 0 Å². The molecule has 1 heterocycles. The molecule has 1 fully saturated rings. The highest BCUT2D eigenvalue weighted by atomic mass is 16.3. The third-order valence-electron chi connectivity index (χ3n) is 1.81. The summed E-state index contributed by atoms with van der Waals surface area (Å²) in [5.41, 5.74) is 0.254. The first-order valence-electron chi connectivity index (χ1n) is 3.82. The van der Waals surface area contributed by atoms with Gasteiger partial charge in [0.05, 0.1) is 0 Å². The van der Waals surface area contributed by atoms with E-state index in [2.05, 4.69) is 9.97 Å². The zero-order valence-corrected chi connectivity index (χ0v) is 6.40. The molecule has 1 saturated carbocycles. The minimum atomic E-state index is -0.117. The van der Waals surface area contributed by atoms with Crippen molar-refractivity contribution in [2.45, 2.75) is 18.8 Å². The van der Waals surface area contributed by atoms with Gasteiger partial charge in [-0.1, -0.05) is 0 Å². The highest BCUT2D eigenvalue weighted by molar-refractivity contribution is 5.72. The number of carbonyl (C=O) groups is 1. The molecule has 62 valence electrons. The van der Waals surface area contributed by atoms with Gasteiger partial charge in [-0.25, -0.2) is 4.98 Å². The van der Waals surface area contributed by atoms with Gasteiger partial charge in [0.1, 0.15) is 11.5 Å². The zero-order chi connectivity index (χ0) is 8.55. The fraction of sp³-hybridized carbons (Fsp3) is 0.375. The van der Waals surface area contributed by atoms with Crippen LogP contribution in [0.4, 0.5) is 0 Å². The van der Waals surface area contributed by atoms with E-state index < -0.39 is 0 Å². The first-order valence-corrected chi connectivity index (χ1v) is 3.82. The van der Waals surface area contributed by atoms with Crippen molar-refractivity contribution >= 4 is 6.29 Å². The molecular weight excluding hydrogens is 156 g/mol. The molecule has 0 aliphatic heterocycles. The molecule has 1 N–H and O–H groups in total. The molecule has 0 bridgehead atoms. The summed E-state index contributed by atoms with van der Waals surface area (Å²) in [5.74, 6) is 0.835. The Bertz CT molecular complexity index is 321. The SMILES string of the molecule is O=Cc1cc(O)nc(C2CC2)n1. The van der Waals surface area contributed by atoms with Gasteiger partial charge in [-0.2, -0.15) is 4.98 Å². The Labute approximate surface area is 69.3 Å². The lowest BCUT2D eigenvalue weighted by molar-refractivity contribution is 0.111. The second-order valence-corrected chi connectivity index (χ2v) is 2.90. The normalized spacial score (nSPS) is 16.0. The summed E-state index contributed by atoms with van der Waals surface area (Å²) in [6.45, 7) is 0. The second kappa shape index (κ2) is 2.55. The third-order valence-corrected chi connectivity index (χ3v) is 1.81. The first kappa shape index (κ1) is 7.21. The summed E-state index contributed by atoms with van der Waals surface area (Å²) in [7, 11) is 0. The standard InChI is InChI=1S/C8H8N2O2/c11-4-6-3-7(12)10-8(9-6)5-1-2-5/h3-5H,1-2H2,(H,9,10,12). The van der Waals surface area contributed by atoms with Gasteiger partial charge in [-0.05, 0) is 12.8 Å². The number of nitrogens with zero attached hydrogens (tertiary/aromatic N) is 2. The largest absolute Gasteiger partial charge is 0.493 e. The summed E-state index contributed by atoms with van der Waals surface area (Å²) in [4.78, 5) is 18.2. The Balaban J connectivity index is 2.40. The molecule has 0 radical (unpaired) electrons. The van der Waals surface area contributed by atoms with E-state index in [0.29, 0.717) is 18.0 Å². The second-order valence-electron chi connectivity index (χ2n) is 2.90. The number of rotatable bonds is 2. The molecule has 1 aromatic heterocycles. The van der Waals surface area contributed by atoms with E-state index in [1.165, 1.54) is 6.07 Å². The van der Waals surface area contributed by atoms with Crippen molar-refractivity contribution in [3.8, 4) is 5.88 Å². The smallest absolute Gasteiger partial charge is 0.214 e. The van der Waals surface area contributed by atoms with Crippen molar-refractivity contribution in [3.05, 3.63) is 17.6 Å². The molecule has 1 aromatic rings. The van der Waals surface area contributed by atoms with Crippen LogP contribution in [0.5, 0.6) is 5.88 Å². The maximum absolute atomic E-state index is 10.4. The maximum atomic E-state index is 10.4. The Hall–Kier alpha value is -1.45. The van der Waals surface area contributed by atoms with Crippen LogP contribution in [-0.4, -0.2) is 21.4 Å². The topological polar surface area (TPSA) is 63.1 Å². The number of carbonyl (C=O) groups excluding carboxylic acids is 1. The molecule has 0 unspecified atom stereocenters. The predicted octanol–water partition coefficient (Wildman–Crippen LogP) is 0.872. The Morgan fingerprint density at radius 2 is 2.25 bits per heavy atom. The fourth-order valence-corrected chi connectivity index (χ4v) is 1.06. The highest BCUT2D eigenvalue weighted by Gasteiger charge is 2.27. The number of aromatic nitrogens is 2. The summed E-state index contributed by atoms with van der Waals surface area (Å²) < 4.78 is 0. The molecule has 0 aromatic carbocycles. The van der Waals surface area contributed by atoms with Crippen LogP contribution in [0.3, 0.4) is 0 Å². The molecule has 4 heteroatoms. The minimum absolute atomic E-state index is 0.117. The maximum Gasteiger partial charge on any atom is 0.214 e. The molecule has 4 nitrogen and oxygen atoms in total. The lowest BCUT2D eigenvalue weighted by Crippen LogP contribution is -1.96. The van der Waals surface area contributed by atoms with Gasteiger partial charge in [0, 0.05) is 12.0 Å². The van der Waals surface area contributed by atoms with Crippen LogP contribution >= 0.6 is 0 Å². The van der Waals surface area contributed by atoms with Crippen LogP contribution in [0, 0.1) is 0 Å². The van der Waals surface area contributed by atoms with E-state index in [4.69, 9.17) is 5.11 Å². The van der Waals surface area contributed by atoms with Crippen LogP contribution in [0.25, 0.3) is 0 Å². The number of aromatic hydroxyl groups is 1. The van der Waals surface area contributed by atoms with Crippen molar-refractivity contribution in [1.29, 1.82) is 0 Å². The van der Waals surface area contributed by atoms with E-state index in [-0.39, 0.29) is 11.6 Å². The van der Waals surface area contributed by atoms with Crippen LogP contribution in [0.1, 0.15) is 35.1 Å². The van der Waals surface area contributed by atoms with Crippen molar-refractivity contribution in [2.24, 2.45) is 0 Å². The average Bonchev–Trinajstić information content (AvgIpc) is 2.85. The molecule has 0 atom stereocenters. The van der Waals surface area contributed by atoms with Gasteiger partial charge in [-0.15, -0.1) is 0 Å². The van der Waals surface area contributed by atoms with Crippen LogP contribution in [0.15, 0.2) is 6.07 Å². The first-order chi connectivity index (χ1) is 5.79. The quantitative estimate of drug-likeness (QED) is 0.659. The van der Waals surface area contributed by atoms with Crippen LogP contribution < -0.4 is 0 Å². The van der Waals surface area contributed by atoms with Crippen molar-refractivity contribution in [2.75, 3.05) is 0 Å². The van der Waals surface area contributed by atoms with Crippen LogP contribution in [0.2, 0.25) is 0 Å². The van der Waals surface area contributed by atoms with E-state index in [0.717, 1.165) is 12.8 Å². The van der Waals surface area contributed by atoms with Crippen molar-refractivity contribution in [1.82, 2.24) is 9.97 Å². The predicted molar refractivity (Wildman–Crippen MR) is 41.1 cm³/mol. The van der Waals surface area contributed by atoms with Crippen LogP contribution in [-0.2, 0) is 0 Å². The lowest BCUT2D eigenvalue weighted by atomic mass is 10.3. The number of aldehydes is 1. The van der Waals surface area contributed by atoms with E-state index in [9.17, 15) is 4.79 Å². The van der Waals surface area contributed by atoms with Crippen molar-refractivity contribution in [3.63, 3.8) is 0 Å². The number of hydrogen-bond acceptors (Lipinski definition) is 4. The van der Waals surface area contributed by atoms with Crippen molar-refractivity contribution < 1.29 is 9.90 Å². The Morgan fingerprint density at radius 3 is 2.83 bits per heavy atom. The van der Waals surface area contributed by atoms with Gasteiger partial charge in [0.15, 0.2) is 6.29 Å². The molecular formula is C8H8N2O2. The Kier molecular flexibility index (Phi) is 1.53. The average molecular weight is 164 g/mol. The molecule has 12 heavy (non-hydrogen) atoms. The molecule has 0 amide bonds. The van der Waals surface area contributed by atoms with Gasteiger partial charge < -0.3 is 5.11 Å². The molecule has 1 aliphatic rings. The molecule has 2 rings (SSSR count). The molecule has 0 spiro atoms. The number of hydrogen-bond donors (Lipinski definition) is 1. The van der Waals surface area contributed by atoms with Gasteiger partial charge in [0.25, 0.3) is 0 Å². The fourth-order valence-electron chi connectivity index (χ4n) is 1.06.